The van der Waals surface area contributed by atoms with Crippen LogP contribution in [0.25, 0.3) is 11.0 Å². The predicted octanol–water partition coefficient (Wildman–Crippen LogP) is 2.56. The largest absolute Gasteiger partial charge is 0.457 e. The van der Waals surface area contributed by atoms with Gasteiger partial charge in [0.05, 0.1) is 11.7 Å². The zero-order valence-electron chi connectivity index (χ0n) is 8.57. The Morgan fingerprint density at radius 2 is 2.13 bits per heavy atom. The summed E-state index contributed by atoms with van der Waals surface area (Å²) in [6.45, 7) is 0. The van der Waals surface area contributed by atoms with E-state index in [1.54, 1.807) is 12.4 Å². The van der Waals surface area contributed by atoms with Gasteiger partial charge in [0.2, 0.25) is 0 Å². The maximum Gasteiger partial charge on any atom is 0.152 e. The third-order valence-electron chi connectivity index (χ3n) is 3.31. The van der Waals surface area contributed by atoms with Gasteiger partial charge < -0.3 is 10.2 Å². The lowest BCUT2D eigenvalue weighted by molar-refractivity contribution is 0.362. The van der Waals surface area contributed by atoms with Gasteiger partial charge >= 0.3 is 0 Å². The molecule has 3 nitrogen and oxygen atoms in total. The summed E-state index contributed by atoms with van der Waals surface area (Å²) in [5.74, 6) is 0.919. The fourth-order valence-electron chi connectivity index (χ4n) is 2.38. The van der Waals surface area contributed by atoms with Crippen LogP contribution in [0.5, 0.6) is 0 Å². The number of pyridine rings is 1. The van der Waals surface area contributed by atoms with Crippen LogP contribution in [0.3, 0.4) is 0 Å². The van der Waals surface area contributed by atoms with E-state index in [1.807, 2.05) is 6.07 Å². The average Bonchev–Trinajstić information content (AvgIpc) is 2.84. The lowest BCUT2D eigenvalue weighted by atomic mass is 9.96. The summed E-state index contributed by atoms with van der Waals surface area (Å²) < 4.78 is 5.77. The molecule has 78 valence electrons. The van der Waals surface area contributed by atoms with Gasteiger partial charge in [0.15, 0.2) is 5.58 Å². The second kappa shape index (κ2) is 3.07. The number of rotatable bonds is 1. The minimum atomic E-state index is -0.237. The van der Waals surface area contributed by atoms with Gasteiger partial charge in [-0.05, 0) is 25.0 Å². The summed E-state index contributed by atoms with van der Waals surface area (Å²) in [5.41, 5.74) is 6.93. The van der Waals surface area contributed by atoms with E-state index < -0.39 is 0 Å². The van der Waals surface area contributed by atoms with E-state index in [0.717, 1.165) is 29.6 Å². The number of fused-ring (bicyclic) bond motifs is 1. The molecular weight excluding hydrogens is 188 g/mol. The predicted molar refractivity (Wildman–Crippen MR) is 58.3 cm³/mol. The molecule has 0 spiro atoms. The highest BCUT2D eigenvalue weighted by molar-refractivity contribution is 5.76. The highest BCUT2D eigenvalue weighted by atomic mass is 16.3. The standard InChI is InChI=1S/C12H14N2O/c13-12(4-1-2-5-12)11-7-9-3-6-14-8-10(9)15-11/h3,6-8H,1-2,4-5,13H2. The first-order valence-electron chi connectivity index (χ1n) is 5.41. The summed E-state index contributed by atoms with van der Waals surface area (Å²) in [5, 5.41) is 1.09. The van der Waals surface area contributed by atoms with E-state index in [4.69, 9.17) is 10.2 Å². The van der Waals surface area contributed by atoms with Gasteiger partial charge in [-0.15, -0.1) is 0 Å². The first-order chi connectivity index (χ1) is 7.28. The van der Waals surface area contributed by atoms with Crippen LogP contribution < -0.4 is 5.73 Å². The molecule has 1 aliphatic rings. The fraction of sp³-hybridized carbons (Fsp3) is 0.417. The number of nitrogens with two attached hydrogens (primary N) is 1. The quantitative estimate of drug-likeness (QED) is 0.773. The van der Waals surface area contributed by atoms with E-state index in [0.29, 0.717) is 0 Å². The molecule has 0 aliphatic heterocycles. The maximum atomic E-state index is 6.33. The summed E-state index contributed by atoms with van der Waals surface area (Å²) in [6.07, 6.45) is 7.98. The van der Waals surface area contributed by atoms with Gasteiger partial charge in [-0.3, -0.25) is 4.98 Å². The van der Waals surface area contributed by atoms with Crippen LogP contribution in [-0.4, -0.2) is 4.98 Å². The zero-order chi connectivity index (χ0) is 10.3. The molecule has 1 saturated carbocycles. The van der Waals surface area contributed by atoms with Gasteiger partial charge in [-0.1, -0.05) is 12.8 Å². The van der Waals surface area contributed by atoms with E-state index in [2.05, 4.69) is 11.1 Å². The first kappa shape index (κ1) is 8.92. The van der Waals surface area contributed by atoms with Crippen molar-refractivity contribution in [1.82, 2.24) is 4.98 Å². The highest BCUT2D eigenvalue weighted by Gasteiger charge is 2.34. The van der Waals surface area contributed by atoms with Gasteiger partial charge in [0.25, 0.3) is 0 Å². The van der Waals surface area contributed by atoms with Gasteiger partial charge in [0.1, 0.15) is 5.76 Å². The number of hydrogen-bond acceptors (Lipinski definition) is 3. The van der Waals surface area contributed by atoms with Crippen molar-refractivity contribution in [2.45, 2.75) is 31.2 Å². The minimum absolute atomic E-state index is 0.237. The van der Waals surface area contributed by atoms with Crippen LogP contribution in [-0.2, 0) is 5.54 Å². The lowest BCUT2D eigenvalue weighted by Gasteiger charge is -2.19. The van der Waals surface area contributed by atoms with Crippen LogP contribution in [0.1, 0.15) is 31.4 Å². The van der Waals surface area contributed by atoms with E-state index in [9.17, 15) is 0 Å². The van der Waals surface area contributed by atoms with Crippen molar-refractivity contribution in [3.8, 4) is 0 Å². The Kier molecular flexibility index (Phi) is 1.83. The zero-order valence-corrected chi connectivity index (χ0v) is 8.57. The maximum absolute atomic E-state index is 6.33. The molecule has 1 aliphatic carbocycles. The Morgan fingerprint density at radius 1 is 1.33 bits per heavy atom. The summed E-state index contributed by atoms with van der Waals surface area (Å²) in [4.78, 5) is 4.04. The second-order valence-corrected chi connectivity index (χ2v) is 4.39. The molecule has 0 radical (unpaired) electrons. The summed E-state index contributed by atoms with van der Waals surface area (Å²) >= 11 is 0. The Labute approximate surface area is 88.3 Å². The molecule has 2 N–H and O–H groups in total. The smallest absolute Gasteiger partial charge is 0.152 e. The van der Waals surface area contributed by atoms with Crippen molar-refractivity contribution < 1.29 is 4.42 Å². The van der Waals surface area contributed by atoms with Gasteiger partial charge in [-0.25, -0.2) is 0 Å². The van der Waals surface area contributed by atoms with Crippen LogP contribution in [0.15, 0.2) is 28.9 Å². The molecule has 0 aromatic carbocycles. The third-order valence-corrected chi connectivity index (χ3v) is 3.31. The molecule has 15 heavy (non-hydrogen) atoms. The van der Waals surface area contributed by atoms with Gasteiger partial charge in [-0.2, -0.15) is 0 Å². The number of aromatic nitrogens is 1. The van der Waals surface area contributed by atoms with Crippen LogP contribution in [0.2, 0.25) is 0 Å². The summed E-state index contributed by atoms with van der Waals surface area (Å²) in [7, 11) is 0. The molecule has 0 unspecified atom stereocenters. The van der Waals surface area contributed by atoms with Crippen molar-refractivity contribution in [2.24, 2.45) is 5.73 Å². The molecule has 0 bridgehead atoms. The van der Waals surface area contributed by atoms with Gasteiger partial charge in [0, 0.05) is 11.6 Å². The molecule has 0 amide bonds. The number of furan rings is 1. The molecule has 2 aromatic rings. The molecule has 2 aromatic heterocycles. The molecule has 3 rings (SSSR count). The first-order valence-corrected chi connectivity index (χ1v) is 5.41. The highest BCUT2D eigenvalue weighted by Crippen LogP contribution is 2.38. The SMILES string of the molecule is NC1(c2cc3ccncc3o2)CCCC1. The molecule has 0 saturated heterocycles. The van der Waals surface area contributed by atoms with Crippen LogP contribution >= 0.6 is 0 Å². The monoisotopic (exact) mass is 202 g/mol. The van der Waals surface area contributed by atoms with Crippen LogP contribution in [0, 0.1) is 0 Å². The number of nitrogens with zero attached hydrogens (tertiary/aromatic N) is 1. The second-order valence-electron chi connectivity index (χ2n) is 4.39. The molecule has 2 heterocycles. The Hall–Kier alpha value is -1.35. The molecule has 3 heteroatoms. The van der Waals surface area contributed by atoms with Crippen molar-refractivity contribution in [2.75, 3.05) is 0 Å². The van der Waals surface area contributed by atoms with E-state index in [1.165, 1.54) is 12.8 Å². The average molecular weight is 202 g/mol. The Balaban J connectivity index is 2.11. The van der Waals surface area contributed by atoms with Crippen molar-refractivity contribution in [1.29, 1.82) is 0 Å². The molecular formula is C12H14N2O. The van der Waals surface area contributed by atoms with Crippen molar-refractivity contribution in [3.63, 3.8) is 0 Å². The van der Waals surface area contributed by atoms with E-state index >= 15 is 0 Å². The van der Waals surface area contributed by atoms with Crippen molar-refractivity contribution >= 4 is 11.0 Å². The van der Waals surface area contributed by atoms with E-state index in [-0.39, 0.29) is 5.54 Å². The summed E-state index contributed by atoms with van der Waals surface area (Å²) in [6, 6.07) is 4.02. The van der Waals surface area contributed by atoms with Crippen LogP contribution in [0.4, 0.5) is 0 Å². The van der Waals surface area contributed by atoms with Crippen molar-refractivity contribution in [3.05, 3.63) is 30.3 Å². The molecule has 0 atom stereocenters. The third kappa shape index (κ3) is 1.35. The fourth-order valence-corrected chi connectivity index (χ4v) is 2.38. The Morgan fingerprint density at radius 3 is 2.87 bits per heavy atom. The molecule has 1 fully saturated rings. The minimum Gasteiger partial charge on any atom is -0.457 e. The normalized spacial score (nSPS) is 19.8. The Bertz CT molecular complexity index is 450. The lowest BCUT2D eigenvalue weighted by Crippen LogP contribution is -2.32. The number of hydrogen-bond donors (Lipinski definition) is 1. The topological polar surface area (TPSA) is 52.0 Å².